The number of ether oxygens (including phenoxy) is 1. The largest absolute Gasteiger partial charge is 0.373 e. The average Bonchev–Trinajstić information content (AvgIpc) is 2.39. The molecule has 0 aliphatic rings. The summed E-state index contributed by atoms with van der Waals surface area (Å²) in [6.45, 7) is 7.29. The first-order valence-electron chi connectivity index (χ1n) is 6.87. The molecule has 0 aliphatic carbocycles. The second kappa shape index (κ2) is 8.04. The summed E-state index contributed by atoms with van der Waals surface area (Å²) < 4.78 is 5.47. The van der Waals surface area contributed by atoms with Crippen molar-refractivity contribution < 1.29 is 9.53 Å². The number of rotatable bonds is 8. The molecule has 100 valence electrons. The van der Waals surface area contributed by atoms with Crippen LogP contribution in [0.4, 0.5) is 0 Å². The molecule has 0 saturated heterocycles. The third-order valence-corrected chi connectivity index (χ3v) is 3.10. The summed E-state index contributed by atoms with van der Waals surface area (Å²) in [5, 5.41) is 0. The van der Waals surface area contributed by atoms with Gasteiger partial charge >= 0.3 is 0 Å². The predicted octanol–water partition coefficient (Wildman–Crippen LogP) is 3.88. The van der Waals surface area contributed by atoms with Gasteiger partial charge in [-0.2, -0.15) is 0 Å². The van der Waals surface area contributed by atoms with Gasteiger partial charge in [-0.1, -0.05) is 51.5 Å². The van der Waals surface area contributed by atoms with Crippen LogP contribution in [-0.2, 0) is 11.2 Å². The number of hydrogen-bond acceptors (Lipinski definition) is 2. The third kappa shape index (κ3) is 5.01. The van der Waals surface area contributed by atoms with Gasteiger partial charge in [-0.15, -0.1) is 0 Å². The Kier molecular flexibility index (Phi) is 6.66. The zero-order valence-electron chi connectivity index (χ0n) is 11.7. The molecular weight excluding hydrogens is 224 g/mol. The number of carbonyl (C=O) groups is 1. The highest BCUT2D eigenvalue weighted by atomic mass is 16.5. The van der Waals surface area contributed by atoms with Crippen molar-refractivity contribution in [2.75, 3.05) is 13.2 Å². The van der Waals surface area contributed by atoms with Crippen molar-refractivity contribution in [3.63, 3.8) is 0 Å². The van der Waals surface area contributed by atoms with Gasteiger partial charge in [-0.25, -0.2) is 0 Å². The van der Waals surface area contributed by atoms with Crippen LogP contribution in [0.2, 0.25) is 0 Å². The van der Waals surface area contributed by atoms with Crippen LogP contribution in [0.15, 0.2) is 24.3 Å². The molecule has 1 unspecified atom stereocenters. The molecule has 0 aromatic heterocycles. The van der Waals surface area contributed by atoms with E-state index < -0.39 is 0 Å². The highest BCUT2D eigenvalue weighted by molar-refractivity contribution is 5.97. The maximum Gasteiger partial charge on any atom is 0.188 e. The van der Waals surface area contributed by atoms with E-state index in [0.717, 1.165) is 24.8 Å². The SMILES string of the molecule is CCCC(C)COCC(=O)c1ccc(CC)cc1. The Bertz CT molecular complexity index is 354. The van der Waals surface area contributed by atoms with E-state index >= 15 is 0 Å². The Morgan fingerprint density at radius 3 is 2.44 bits per heavy atom. The van der Waals surface area contributed by atoms with Crippen LogP contribution < -0.4 is 0 Å². The molecule has 0 N–H and O–H groups in total. The standard InChI is InChI=1S/C16H24O2/c1-4-6-13(3)11-18-12-16(17)15-9-7-14(5-2)8-10-15/h7-10,13H,4-6,11-12H2,1-3H3. The predicted molar refractivity (Wildman–Crippen MR) is 75.0 cm³/mol. The first-order chi connectivity index (χ1) is 8.67. The van der Waals surface area contributed by atoms with Crippen molar-refractivity contribution >= 4 is 5.78 Å². The minimum atomic E-state index is 0.0707. The fourth-order valence-electron chi connectivity index (χ4n) is 1.94. The van der Waals surface area contributed by atoms with Gasteiger partial charge in [-0.05, 0) is 24.3 Å². The highest BCUT2D eigenvalue weighted by Crippen LogP contribution is 2.08. The molecule has 0 heterocycles. The average molecular weight is 248 g/mol. The summed E-state index contributed by atoms with van der Waals surface area (Å²) >= 11 is 0. The van der Waals surface area contributed by atoms with Crippen LogP contribution in [-0.4, -0.2) is 19.0 Å². The van der Waals surface area contributed by atoms with Gasteiger partial charge in [0.05, 0.1) is 0 Å². The summed E-state index contributed by atoms with van der Waals surface area (Å²) in [5.74, 6) is 0.603. The summed E-state index contributed by atoms with van der Waals surface area (Å²) in [6, 6.07) is 7.79. The Labute approximate surface area is 110 Å². The molecule has 2 heteroatoms. The van der Waals surface area contributed by atoms with Crippen molar-refractivity contribution in [2.24, 2.45) is 5.92 Å². The first kappa shape index (κ1) is 14.9. The fourth-order valence-corrected chi connectivity index (χ4v) is 1.94. The van der Waals surface area contributed by atoms with Crippen LogP contribution >= 0.6 is 0 Å². The van der Waals surface area contributed by atoms with E-state index in [-0.39, 0.29) is 12.4 Å². The topological polar surface area (TPSA) is 26.3 Å². The first-order valence-corrected chi connectivity index (χ1v) is 6.87. The Morgan fingerprint density at radius 2 is 1.89 bits per heavy atom. The van der Waals surface area contributed by atoms with Gasteiger partial charge in [0.2, 0.25) is 0 Å². The van der Waals surface area contributed by atoms with Crippen molar-refractivity contribution in [2.45, 2.75) is 40.0 Å². The Hall–Kier alpha value is -1.15. The van der Waals surface area contributed by atoms with Gasteiger partial charge < -0.3 is 4.74 Å². The number of benzene rings is 1. The zero-order chi connectivity index (χ0) is 13.4. The molecule has 0 bridgehead atoms. The van der Waals surface area contributed by atoms with E-state index in [2.05, 4.69) is 20.8 Å². The molecule has 2 nitrogen and oxygen atoms in total. The lowest BCUT2D eigenvalue weighted by molar-refractivity contribution is 0.0683. The molecule has 0 spiro atoms. The van der Waals surface area contributed by atoms with Gasteiger partial charge in [0, 0.05) is 12.2 Å². The number of aryl methyl sites for hydroxylation is 1. The second-order valence-corrected chi connectivity index (χ2v) is 4.88. The van der Waals surface area contributed by atoms with Crippen molar-refractivity contribution in [1.82, 2.24) is 0 Å². The molecular formula is C16H24O2. The summed E-state index contributed by atoms with van der Waals surface area (Å²) in [5.41, 5.74) is 2.00. The van der Waals surface area contributed by atoms with Gasteiger partial charge in [0.15, 0.2) is 5.78 Å². The summed E-state index contributed by atoms with van der Waals surface area (Å²) in [4.78, 5) is 11.9. The van der Waals surface area contributed by atoms with Gasteiger partial charge in [0.1, 0.15) is 6.61 Å². The number of ketones is 1. The molecule has 0 fully saturated rings. The van der Waals surface area contributed by atoms with E-state index in [1.165, 1.54) is 5.56 Å². The quantitative estimate of drug-likeness (QED) is 0.652. The molecule has 1 aromatic rings. The molecule has 0 amide bonds. The van der Waals surface area contributed by atoms with Crippen LogP contribution in [0.1, 0.15) is 49.5 Å². The molecule has 1 atom stereocenters. The van der Waals surface area contributed by atoms with Crippen LogP contribution in [0, 0.1) is 5.92 Å². The number of carbonyl (C=O) groups excluding carboxylic acids is 1. The van der Waals surface area contributed by atoms with Gasteiger partial charge in [-0.3, -0.25) is 4.79 Å². The lowest BCUT2D eigenvalue weighted by Gasteiger charge is -2.10. The number of Topliss-reactive ketones (excluding diaryl/α,β-unsaturated/α-hetero) is 1. The van der Waals surface area contributed by atoms with E-state index in [0.29, 0.717) is 12.5 Å². The van der Waals surface area contributed by atoms with Gasteiger partial charge in [0.25, 0.3) is 0 Å². The second-order valence-electron chi connectivity index (χ2n) is 4.88. The monoisotopic (exact) mass is 248 g/mol. The lowest BCUT2D eigenvalue weighted by Crippen LogP contribution is -2.13. The van der Waals surface area contributed by atoms with Crippen LogP contribution in [0.5, 0.6) is 0 Å². The Morgan fingerprint density at radius 1 is 1.22 bits per heavy atom. The molecule has 1 rings (SSSR count). The van der Waals surface area contributed by atoms with E-state index in [9.17, 15) is 4.79 Å². The normalized spacial score (nSPS) is 12.4. The van der Waals surface area contributed by atoms with Crippen molar-refractivity contribution in [3.05, 3.63) is 35.4 Å². The van der Waals surface area contributed by atoms with Crippen LogP contribution in [0.3, 0.4) is 0 Å². The smallest absolute Gasteiger partial charge is 0.188 e. The fraction of sp³-hybridized carbons (Fsp3) is 0.562. The minimum absolute atomic E-state index is 0.0707. The number of hydrogen-bond donors (Lipinski definition) is 0. The lowest BCUT2D eigenvalue weighted by atomic mass is 10.1. The third-order valence-electron chi connectivity index (χ3n) is 3.10. The molecule has 1 aromatic carbocycles. The maximum atomic E-state index is 11.9. The molecule has 0 radical (unpaired) electrons. The molecule has 0 aliphatic heterocycles. The maximum absolute atomic E-state index is 11.9. The Balaban J connectivity index is 2.35. The molecule has 0 saturated carbocycles. The van der Waals surface area contributed by atoms with E-state index in [1.807, 2.05) is 24.3 Å². The zero-order valence-corrected chi connectivity index (χ0v) is 11.7. The van der Waals surface area contributed by atoms with Crippen LogP contribution in [0.25, 0.3) is 0 Å². The summed E-state index contributed by atoms with van der Waals surface area (Å²) in [6.07, 6.45) is 3.32. The van der Waals surface area contributed by atoms with E-state index in [1.54, 1.807) is 0 Å². The molecule has 18 heavy (non-hydrogen) atoms. The van der Waals surface area contributed by atoms with Crippen molar-refractivity contribution in [1.29, 1.82) is 0 Å². The minimum Gasteiger partial charge on any atom is -0.373 e. The highest BCUT2D eigenvalue weighted by Gasteiger charge is 2.07. The summed E-state index contributed by atoms with van der Waals surface area (Å²) in [7, 11) is 0. The van der Waals surface area contributed by atoms with Crippen molar-refractivity contribution in [3.8, 4) is 0 Å². The van der Waals surface area contributed by atoms with E-state index in [4.69, 9.17) is 4.74 Å².